The second kappa shape index (κ2) is 14.8. The molecule has 0 aliphatic heterocycles. The number of allylic oxidation sites excluding steroid dienone is 4. The number of hydrogen-bond donors (Lipinski definition) is 0. The van der Waals surface area contributed by atoms with Crippen LogP contribution >= 0.6 is 0 Å². The Balaban J connectivity index is 1.09. The molecule has 0 N–H and O–H groups in total. The van der Waals surface area contributed by atoms with Crippen molar-refractivity contribution in [2.45, 2.75) is 12.8 Å². The van der Waals surface area contributed by atoms with Crippen molar-refractivity contribution in [3.05, 3.63) is 212 Å². The molecule has 62 heavy (non-hydrogen) atoms. The Morgan fingerprint density at radius 2 is 0.935 bits per heavy atom. The van der Waals surface area contributed by atoms with Crippen molar-refractivity contribution in [2.24, 2.45) is 0 Å². The lowest BCUT2D eigenvalue weighted by Gasteiger charge is -2.19. The van der Waals surface area contributed by atoms with E-state index >= 15 is 0 Å². The number of nitrogens with zero attached hydrogens (tertiary/aromatic N) is 5. The second-order valence-electron chi connectivity index (χ2n) is 15.9. The summed E-state index contributed by atoms with van der Waals surface area (Å²) >= 11 is 0. The minimum atomic E-state index is 0.636. The lowest BCUT2D eigenvalue weighted by atomic mass is 9.99. The van der Waals surface area contributed by atoms with Gasteiger partial charge in [-0.1, -0.05) is 176 Å². The molecule has 12 rings (SSSR count). The first kappa shape index (κ1) is 35.8. The van der Waals surface area contributed by atoms with Gasteiger partial charge in [-0.25, -0.2) is 15.0 Å². The van der Waals surface area contributed by atoms with Crippen molar-refractivity contribution < 1.29 is 0 Å². The van der Waals surface area contributed by atoms with Gasteiger partial charge in [0.25, 0.3) is 0 Å². The van der Waals surface area contributed by atoms with Crippen LogP contribution in [0.25, 0.3) is 111 Å². The highest BCUT2D eigenvalue weighted by molar-refractivity contribution is 6.18. The molecule has 3 aromatic heterocycles. The SMILES string of the molecule is C1=CCCC(n2c3c(-c4cccc(-c5nc(-c6ccccc6)nc(-c6ccccc6)n5)c4)cccc3c3cccc(-n4c5ccccc5c5cc(-c6ccccc6)ccc54)c32)=C1. The van der Waals surface area contributed by atoms with Crippen LogP contribution in [0.15, 0.2) is 212 Å². The van der Waals surface area contributed by atoms with E-state index < -0.39 is 0 Å². The van der Waals surface area contributed by atoms with Crippen LogP contribution < -0.4 is 0 Å². The Kier molecular flexibility index (Phi) is 8.56. The molecule has 0 unspecified atom stereocenters. The van der Waals surface area contributed by atoms with Crippen molar-refractivity contribution in [3.8, 4) is 62.1 Å². The Morgan fingerprint density at radius 1 is 0.371 bits per heavy atom. The lowest BCUT2D eigenvalue weighted by Crippen LogP contribution is -2.04. The quantitative estimate of drug-likeness (QED) is 0.161. The normalized spacial score (nSPS) is 12.7. The average Bonchev–Trinajstić information content (AvgIpc) is 3.88. The van der Waals surface area contributed by atoms with Gasteiger partial charge < -0.3 is 9.13 Å². The Hall–Kier alpha value is -8.15. The third kappa shape index (κ3) is 5.97. The Labute approximate surface area is 359 Å². The maximum atomic E-state index is 5.09. The molecule has 0 radical (unpaired) electrons. The van der Waals surface area contributed by atoms with E-state index in [4.69, 9.17) is 15.0 Å². The van der Waals surface area contributed by atoms with Gasteiger partial charge in [0.15, 0.2) is 17.5 Å². The maximum Gasteiger partial charge on any atom is 0.164 e. The fourth-order valence-electron chi connectivity index (χ4n) is 9.38. The van der Waals surface area contributed by atoms with Gasteiger partial charge in [-0.3, -0.25) is 0 Å². The predicted molar refractivity (Wildman–Crippen MR) is 257 cm³/mol. The fourth-order valence-corrected chi connectivity index (χ4v) is 9.38. The van der Waals surface area contributed by atoms with Crippen LogP contribution in [0.2, 0.25) is 0 Å². The van der Waals surface area contributed by atoms with E-state index in [1.165, 1.54) is 60.4 Å². The molecule has 1 aliphatic carbocycles. The molecule has 5 heteroatoms. The van der Waals surface area contributed by atoms with Gasteiger partial charge in [0.05, 0.1) is 27.8 Å². The van der Waals surface area contributed by atoms with Gasteiger partial charge in [0, 0.05) is 49.5 Å². The molecule has 11 aromatic rings. The van der Waals surface area contributed by atoms with Gasteiger partial charge in [-0.05, 0) is 65.9 Å². The summed E-state index contributed by atoms with van der Waals surface area (Å²) in [7, 11) is 0. The molecule has 0 bridgehead atoms. The molecule has 0 fully saturated rings. The van der Waals surface area contributed by atoms with Crippen molar-refractivity contribution in [1.82, 2.24) is 24.1 Å². The molecule has 0 spiro atoms. The zero-order chi connectivity index (χ0) is 41.0. The van der Waals surface area contributed by atoms with Crippen LogP contribution in [0.5, 0.6) is 0 Å². The van der Waals surface area contributed by atoms with E-state index in [1.807, 2.05) is 36.4 Å². The largest absolute Gasteiger partial charge is 0.310 e. The first-order chi connectivity index (χ1) is 30.8. The van der Waals surface area contributed by atoms with Crippen molar-refractivity contribution >= 4 is 49.3 Å². The van der Waals surface area contributed by atoms with Gasteiger partial charge >= 0.3 is 0 Å². The molecule has 1 aliphatic rings. The molecule has 0 amide bonds. The number of aromatic nitrogens is 5. The highest BCUT2D eigenvalue weighted by Gasteiger charge is 2.23. The zero-order valence-electron chi connectivity index (χ0n) is 33.9. The summed E-state index contributed by atoms with van der Waals surface area (Å²) in [6.07, 6.45) is 8.69. The van der Waals surface area contributed by atoms with E-state index in [1.54, 1.807) is 0 Å². The third-order valence-electron chi connectivity index (χ3n) is 12.2. The van der Waals surface area contributed by atoms with Crippen LogP contribution in [-0.2, 0) is 0 Å². The maximum absolute atomic E-state index is 5.09. The predicted octanol–water partition coefficient (Wildman–Crippen LogP) is 14.6. The van der Waals surface area contributed by atoms with Gasteiger partial charge in [0.1, 0.15) is 0 Å². The van der Waals surface area contributed by atoms with Crippen molar-refractivity contribution in [2.75, 3.05) is 0 Å². The highest BCUT2D eigenvalue weighted by atomic mass is 15.1. The average molecular weight is 794 g/mol. The van der Waals surface area contributed by atoms with E-state index in [0.717, 1.165) is 46.3 Å². The molecular formula is C57H39N5. The number of para-hydroxylation sites is 3. The van der Waals surface area contributed by atoms with Crippen molar-refractivity contribution in [1.29, 1.82) is 0 Å². The monoisotopic (exact) mass is 793 g/mol. The third-order valence-corrected chi connectivity index (χ3v) is 12.2. The first-order valence-electron chi connectivity index (χ1n) is 21.3. The Bertz CT molecular complexity index is 3500. The minimum absolute atomic E-state index is 0.636. The summed E-state index contributed by atoms with van der Waals surface area (Å²) < 4.78 is 5.03. The van der Waals surface area contributed by atoms with Crippen LogP contribution in [0.1, 0.15) is 12.8 Å². The smallest absolute Gasteiger partial charge is 0.164 e. The zero-order valence-corrected chi connectivity index (χ0v) is 33.9. The standard InChI is InChI=1S/C57H39N5/c1-5-18-38(19-6-1)41-34-35-51-49(37-41)46-28-13-14-32-50(46)62(51)52-33-17-31-48-47-30-16-29-45(53(47)61(54(48)52)44-26-11-4-12-27-44)42-24-15-25-43(36-42)57-59-55(39-20-7-2-8-21-39)58-56(60-57)40-22-9-3-10-23-40/h1-11,13-26,28-37H,12,27H2. The Morgan fingerprint density at radius 3 is 1.65 bits per heavy atom. The number of benzene rings is 8. The van der Waals surface area contributed by atoms with E-state index in [2.05, 4.69) is 185 Å². The minimum Gasteiger partial charge on any atom is -0.310 e. The molecule has 8 aromatic carbocycles. The van der Waals surface area contributed by atoms with Crippen LogP contribution in [0.4, 0.5) is 0 Å². The molecule has 3 heterocycles. The topological polar surface area (TPSA) is 48.5 Å². The van der Waals surface area contributed by atoms with Crippen LogP contribution in [0.3, 0.4) is 0 Å². The summed E-state index contributed by atoms with van der Waals surface area (Å²) in [5.41, 5.74) is 14.7. The van der Waals surface area contributed by atoms with Gasteiger partial charge in [-0.15, -0.1) is 0 Å². The summed E-state index contributed by atoms with van der Waals surface area (Å²) in [5.74, 6) is 1.93. The van der Waals surface area contributed by atoms with E-state index in [9.17, 15) is 0 Å². The molecule has 0 atom stereocenters. The molecule has 5 nitrogen and oxygen atoms in total. The van der Waals surface area contributed by atoms with E-state index in [0.29, 0.717) is 17.5 Å². The lowest BCUT2D eigenvalue weighted by molar-refractivity contribution is 0.976. The summed E-state index contributed by atoms with van der Waals surface area (Å²) in [4.78, 5) is 15.1. The summed E-state index contributed by atoms with van der Waals surface area (Å²) in [6.45, 7) is 0. The summed E-state index contributed by atoms with van der Waals surface area (Å²) in [6, 6.07) is 69.0. The van der Waals surface area contributed by atoms with Crippen molar-refractivity contribution in [3.63, 3.8) is 0 Å². The molecule has 0 saturated carbocycles. The first-order valence-corrected chi connectivity index (χ1v) is 21.3. The molecule has 292 valence electrons. The molecular weight excluding hydrogens is 755 g/mol. The number of fused-ring (bicyclic) bond motifs is 6. The highest BCUT2D eigenvalue weighted by Crippen LogP contribution is 2.44. The van der Waals surface area contributed by atoms with Gasteiger partial charge in [0.2, 0.25) is 0 Å². The fraction of sp³-hybridized carbons (Fsp3) is 0.0351. The van der Waals surface area contributed by atoms with Crippen LogP contribution in [0, 0.1) is 0 Å². The number of rotatable bonds is 7. The molecule has 0 saturated heterocycles. The second-order valence-corrected chi connectivity index (χ2v) is 15.9. The summed E-state index contributed by atoms with van der Waals surface area (Å²) in [5, 5.41) is 4.91. The van der Waals surface area contributed by atoms with Crippen LogP contribution in [-0.4, -0.2) is 24.1 Å². The van der Waals surface area contributed by atoms with Gasteiger partial charge in [-0.2, -0.15) is 0 Å². The number of hydrogen-bond acceptors (Lipinski definition) is 3. The van der Waals surface area contributed by atoms with E-state index in [-0.39, 0.29) is 0 Å².